The van der Waals surface area contributed by atoms with E-state index in [9.17, 15) is 0 Å². The molecule has 0 spiro atoms. The summed E-state index contributed by atoms with van der Waals surface area (Å²) >= 11 is 1.75. The van der Waals surface area contributed by atoms with E-state index in [-0.39, 0.29) is 24.0 Å². The van der Waals surface area contributed by atoms with Crippen molar-refractivity contribution in [1.29, 1.82) is 0 Å². The number of aryl methyl sites for hydroxylation is 2. The number of aliphatic imine (C=N–C) groups is 1. The van der Waals surface area contributed by atoms with E-state index in [0.29, 0.717) is 5.96 Å². The number of rotatable bonds is 5. The highest BCUT2D eigenvalue weighted by Gasteiger charge is 2.05. The molecule has 0 unspecified atom stereocenters. The molecular formula is C12H23IN4S. The molecule has 1 rings (SSSR count). The molecule has 1 aromatic rings. The third-order valence-electron chi connectivity index (χ3n) is 2.70. The SMILES string of the molecule is CCN(CC)C(N)=NCCc1sc(C)nc1C.I. The first-order chi connectivity index (χ1) is 8.08. The quantitative estimate of drug-likeness (QED) is 0.484. The van der Waals surface area contributed by atoms with Crippen LogP contribution in [0.1, 0.15) is 29.4 Å². The second kappa shape index (κ2) is 8.68. The molecule has 0 bridgehead atoms. The minimum Gasteiger partial charge on any atom is -0.370 e. The highest BCUT2D eigenvalue weighted by atomic mass is 127. The molecule has 1 aromatic heterocycles. The van der Waals surface area contributed by atoms with Gasteiger partial charge in [0.05, 0.1) is 10.7 Å². The van der Waals surface area contributed by atoms with Gasteiger partial charge in [-0.15, -0.1) is 35.3 Å². The van der Waals surface area contributed by atoms with Crippen LogP contribution in [0.2, 0.25) is 0 Å². The Balaban J connectivity index is 0.00000289. The number of halogens is 1. The van der Waals surface area contributed by atoms with Gasteiger partial charge in [0.2, 0.25) is 0 Å². The summed E-state index contributed by atoms with van der Waals surface area (Å²) in [6, 6.07) is 0. The van der Waals surface area contributed by atoms with Gasteiger partial charge in [-0.1, -0.05) is 0 Å². The Labute approximate surface area is 131 Å². The first kappa shape index (κ1) is 17.6. The molecule has 0 radical (unpaired) electrons. The fourth-order valence-corrected chi connectivity index (χ4v) is 2.65. The van der Waals surface area contributed by atoms with Gasteiger partial charge in [-0.05, 0) is 27.7 Å². The molecule has 4 nitrogen and oxygen atoms in total. The molecular weight excluding hydrogens is 359 g/mol. The molecule has 6 heteroatoms. The number of guanidine groups is 1. The predicted octanol–water partition coefficient (Wildman–Crippen LogP) is 2.58. The van der Waals surface area contributed by atoms with Crippen LogP contribution in [0.25, 0.3) is 0 Å². The number of nitrogens with two attached hydrogens (primary N) is 1. The van der Waals surface area contributed by atoms with Gasteiger partial charge in [0.15, 0.2) is 5.96 Å². The topological polar surface area (TPSA) is 54.5 Å². The Bertz CT molecular complexity index is 385. The summed E-state index contributed by atoms with van der Waals surface area (Å²) in [5.74, 6) is 0.647. The molecule has 0 fully saturated rings. The van der Waals surface area contributed by atoms with E-state index < -0.39 is 0 Å². The second-order valence-electron chi connectivity index (χ2n) is 3.90. The van der Waals surface area contributed by atoms with Crippen LogP contribution in [-0.4, -0.2) is 35.5 Å². The van der Waals surface area contributed by atoms with Crippen LogP contribution in [0, 0.1) is 13.8 Å². The molecule has 0 atom stereocenters. The van der Waals surface area contributed by atoms with E-state index in [4.69, 9.17) is 5.73 Å². The summed E-state index contributed by atoms with van der Waals surface area (Å²) in [6.07, 6.45) is 0.930. The van der Waals surface area contributed by atoms with Crippen LogP contribution in [0.3, 0.4) is 0 Å². The lowest BCUT2D eigenvalue weighted by atomic mass is 10.3. The summed E-state index contributed by atoms with van der Waals surface area (Å²) in [5.41, 5.74) is 7.04. The Morgan fingerprint density at radius 1 is 1.33 bits per heavy atom. The molecule has 0 aromatic carbocycles. The largest absolute Gasteiger partial charge is 0.370 e. The van der Waals surface area contributed by atoms with Crippen molar-refractivity contribution in [3.8, 4) is 0 Å². The van der Waals surface area contributed by atoms with E-state index >= 15 is 0 Å². The lowest BCUT2D eigenvalue weighted by Crippen LogP contribution is -2.37. The van der Waals surface area contributed by atoms with Crippen LogP contribution in [0.15, 0.2) is 4.99 Å². The van der Waals surface area contributed by atoms with E-state index in [1.165, 1.54) is 4.88 Å². The minimum absolute atomic E-state index is 0. The average Bonchev–Trinajstić information content (AvgIpc) is 2.59. The molecule has 0 aliphatic carbocycles. The van der Waals surface area contributed by atoms with Crippen LogP contribution in [-0.2, 0) is 6.42 Å². The highest BCUT2D eigenvalue weighted by Crippen LogP contribution is 2.17. The van der Waals surface area contributed by atoms with Crippen molar-refractivity contribution in [2.75, 3.05) is 19.6 Å². The molecule has 18 heavy (non-hydrogen) atoms. The Morgan fingerprint density at radius 3 is 2.39 bits per heavy atom. The number of hydrogen-bond acceptors (Lipinski definition) is 3. The van der Waals surface area contributed by atoms with Crippen molar-refractivity contribution in [3.05, 3.63) is 15.6 Å². The predicted molar refractivity (Wildman–Crippen MR) is 90.1 cm³/mol. The smallest absolute Gasteiger partial charge is 0.191 e. The summed E-state index contributed by atoms with van der Waals surface area (Å²) in [7, 11) is 0. The van der Waals surface area contributed by atoms with Gasteiger partial charge in [-0.3, -0.25) is 4.99 Å². The summed E-state index contributed by atoms with van der Waals surface area (Å²) in [6.45, 7) is 10.8. The zero-order chi connectivity index (χ0) is 12.8. The van der Waals surface area contributed by atoms with Crippen molar-refractivity contribution in [3.63, 3.8) is 0 Å². The monoisotopic (exact) mass is 382 g/mol. The maximum atomic E-state index is 5.91. The fraction of sp³-hybridized carbons (Fsp3) is 0.667. The zero-order valence-electron chi connectivity index (χ0n) is 11.6. The molecule has 0 saturated carbocycles. The van der Waals surface area contributed by atoms with Gasteiger partial charge in [0, 0.05) is 30.9 Å². The van der Waals surface area contributed by atoms with Crippen molar-refractivity contribution in [2.24, 2.45) is 10.7 Å². The van der Waals surface area contributed by atoms with Crippen LogP contribution in [0.5, 0.6) is 0 Å². The van der Waals surface area contributed by atoms with E-state index in [0.717, 1.165) is 36.8 Å². The molecule has 0 amide bonds. The molecule has 0 aliphatic heterocycles. The fourth-order valence-electron chi connectivity index (χ4n) is 1.73. The molecule has 0 saturated heterocycles. The number of nitrogens with zero attached hydrogens (tertiary/aromatic N) is 3. The van der Waals surface area contributed by atoms with Crippen molar-refractivity contribution in [2.45, 2.75) is 34.1 Å². The highest BCUT2D eigenvalue weighted by molar-refractivity contribution is 14.0. The lowest BCUT2D eigenvalue weighted by Gasteiger charge is -2.19. The third kappa shape index (κ3) is 5.09. The van der Waals surface area contributed by atoms with Gasteiger partial charge in [-0.2, -0.15) is 0 Å². The maximum absolute atomic E-state index is 5.91. The van der Waals surface area contributed by atoms with Gasteiger partial charge in [0.25, 0.3) is 0 Å². The van der Waals surface area contributed by atoms with Crippen LogP contribution >= 0.6 is 35.3 Å². The maximum Gasteiger partial charge on any atom is 0.191 e. The van der Waals surface area contributed by atoms with Gasteiger partial charge in [0.1, 0.15) is 0 Å². The standard InChI is InChI=1S/C12H22N4S.HI/c1-5-16(6-2)12(13)14-8-7-11-9(3)15-10(4)17-11;/h5-8H2,1-4H3,(H2,13,14);1H. The van der Waals surface area contributed by atoms with Gasteiger partial charge < -0.3 is 10.6 Å². The summed E-state index contributed by atoms with van der Waals surface area (Å²) in [4.78, 5) is 12.2. The van der Waals surface area contributed by atoms with E-state index in [2.05, 4.69) is 35.6 Å². The van der Waals surface area contributed by atoms with Crippen LogP contribution < -0.4 is 5.73 Å². The molecule has 0 aliphatic rings. The van der Waals surface area contributed by atoms with Gasteiger partial charge >= 0.3 is 0 Å². The van der Waals surface area contributed by atoms with Crippen LogP contribution in [0.4, 0.5) is 0 Å². The Kier molecular flexibility index (Phi) is 8.51. The lowest BCUT2D eigenvalue weighted by molar-refractivity contribution is 0.458. The third-order valence-corrected chi connectivity index (χ3v) is 3.83. The Hall–Kier alpha value is -0.370. The summed E-state index contributed by atoms with van der Waals surface area (Å²) < 4.78 is 0. The van der Waals surface area contributed by atoms with Crippen molar-refractivity contribution in [1.82, 2.24) is 9.88 Å². The molecule has 1 heterocycles. The molecule has 2 N–H and O–H groups in total. The summed E-state index contributed by atoms with van der Waals surface area (Å²) in [5, 5.41) is 1.12. The van der Waals surface area contributed by atoms with E-state index in [1.54, 1.807) is 11.3 Å². The number of thiazole rings is 1. The van der Waals surface area contributed by atoms with Gasteiger partial charge in [-0.25, -0.2) is 4.98 Å². The normalized spacial score (nSPS) is 11.2. The number of aromatic nitrogens is 1. The first-order valence-electron chi connectivity index (χ1n) is 6.06. The Morgan fingerprint density at radius 2 is 1.94 bits per heavy atom. The van der Waals surface area contributed by atoms with Crippen molar-refractivity contribution >= 4 is 41.3 Å². The zero-order valence-corrected chi connectivity index (χ0v) is 14.7. The average molecular weight is 382 g/mol. The van der Waals surface area contributed by atoms with E-state index in [1.807, 2.05) is 6.92 Å². The molecule has 104 valence electrons. The number of hydrogen-bond donors (Lipinski definition) is 1. The minimum atomic E-state index is 0. The second-order valence-corrected chi connectivity index (χ2v) is 5.19. The first-order valence-corrected chi connectivity index (χ1v) is 6.87. The van der Waals surface area contributed by atoms with Crippen molar-refractivity contribution < 1.29 is 0 Å².